The first-order valence-electron chi connectivity index (χ1n) is 11.6. The van der Waals surface area contributed by atoms with Crippen molar-refractivity contribution in [3.8, 4) is 17.2 Å². The third-order valence-electron chi connectivity index (χ3n) is 6.08. The van der Waals surface area contributed by atoms with E-state index < -0.39 is 32.6 Å². The van der Waals surface area contributed by atoms with E-state index in [4.69, 9.17) is 11.4 Å². The number of pyridine rings is 3. The largest absolute Gasteiger partial charge is 1.20 e. The average molecular weight is 528 g/mol. The summed E-state index contributed by atoms with van der Waals surface area (Å²) in [4.78, 5) is 8.55. The molecule has 0 aliphatic carbocycles. The minimum atomic E-state index is -3.26. The van der Waals surface area contributed by atoms with Gasteiger partial charge < -0.3 is 11.4 Å². The highest BCUT2D eigenvalue weighted by Gasteiger charge is 2.46. The average Bonchev–Trinajstić information content (AvgIpc) is 2.94. The van der Waals surface area contributed by atoms with Crippen LogP contribution >= 0.6 is 0 Å². The summed E-state index contributed by atoms with van der Waals surface area (Å²) in [5.74, 6) is -0.509. The Kier molecular flexibility index (Phi) is 6.20. The zero-order chi connectivity index (χ0) is 26.2. The van der Waals surface area contributed by atoms with E-state index in [9.17, 15) is 13.2 Å². The number of hydrogen-bond acceptors (Lipinski definition) is 5. The minimum absolute atomic E-state index is 0.244. The fourth-order valence-corrected chi connectivity index (χ4v) is 5.66. The molecule has 0 aliphatic rings. The fourth-order valence-electron chi connectivity index (χ4n) is 4.32. The van der Waals surface area contributed by atoms with Crippen LogP contribution in [-0.4, -0.2) is 25.1 Å². The second-order valence-electron chi connectivity index (χ2n) is 8.46. The normalized spacial score (nSPS) is 11.2. The van der Waals surface area contributed by atoms with Crippen molar-refractivity contribution in [3.05, 3.63) is 109 Å². The Hall–Kier alpha value is -4.39. The third kappa shape index (κ3) is 4.34. The van der Waals surface area contributed by atoms with Gasteiger partial charge in [0.25, 0.3) is 5.52 Å². The summed E-state index contributed by atoms with van der Waals surface area (Å²) < 4.78 is 63.9. The lowest BCUT2D eigenvalue weighted by molar-refractivity contribution is -0.645. The molecule has 0 aliphatic heterocycles. The van der Waals surface area contributed by atoms with Crippen molar-refractivity contribution >= 4 is 47.9 Å². The Morgan fingerprint density at radius 3 is 1.66 bits per heavy atom. The monoisotopic (exact) mass is 528 g/mol. The predicted octanol–water partition coefficient (Wildman–Crippen LogP) is 5.70. The molecule has 6 rings (SSSR count). The summed E-state index contributed by atoms with van der Waals surface area (Å²) >= 11 is -3.26. The molecule has 3 heterocycles. The molecule has 0 unspecified atom stereocenters. The van der Waals surface area contributed by atoms with Gasteiger partial charge in [0.15, 0.2) is 11.9 Å². The molecule has 0 fully saturated rings. The van der Waals surface area contributed by atoms with Crippen LogP contribution in [0, 0.1) is 17.5 Å². The Labute approximate surface area is 219 Å². The number of fused-ring (bicyclic) bond motifs is 3. The molecule has 0 radical (unpaired) electrons. The first-order valence-corrected chi connectivity index (χ1v) is 13.0. The van der Waals surface area contributed by atoms with Gasteiger partial charge in [-0.3, -0.25) is 9.97 Å². The summed E-state index contributed by atoms with van der Waals surface area (Å²) in [6.45, 7) is 0. The highest BCUT2D eigenvalue weighted by Crippen LogP contribution is 2.31. The van der Waals surface area contributed by atoms with Crippen molar-refractivity contribution in [3.63, 3.8) is 0 Å². The molecule has 0 N–H and O–H groups in total. The summed E-state index contributed by atoms with van der Waals surface area (Å²) in [6, 6.07) is 18.0. The standard InChI is InChI=1S/C10H8FNO.2C9H6FNO.Al/c1-12-6-2-3-7-8(11)4-5-9(13)10(7)12;2*10-7-3-4-8(12)9-6(7)2-1-5-11-9;/h2-6H,1H3;2*1-5,12H;/q;;;+3/p-2. The molecule has 0 amide bonds. The van der Waals surface area contributed by atoms with Gasteiger partial charge in [0, 0.05) is 29.2 Å². The Bertz CT molecular complexity index is 1750. The molecule has 0 bridgehead atoms. The number of aromatic nitrogens is 3. The first-order chi connectivity index (χ1) is 18.5. The zero-order valence-corrected chi connectivity index (χ0v) is 21.1. The Morgan fingerprint density at radius 2 is 1.08 bits per heavy atom. The van der Waals surface area contributed by atoms with E-state index in [1.807, 2.05) is 0 Å². The van der Waals surface area contributed by atoms with Crippen LogP contribution in [0.15, 0.2) is 91.4 Å². The van der Waals surface area contributed by atoms with Crippen LogP contribution in [0.3, 0.4) is 0 Å². The van der Waals surface area contributed by atoms with Crippen LogP contribution in [0.5, 0.6) is 17.2 Å². The van der Waals surface area contributed by atoms with Crippen LogP contribution < -0.4 is 15.9 Å². The van der Waals surface area contributed by atoms with Crippen molar-refractivity contribution in [1.82, 2.24) is 9.97 Å². The van der Waals surface area contributed by atoms with E-state index in [1.54, 1.807) is 54.2 Å². The van der Waals surface area contributed by atoms with Crippen molar-refractivity contribution in [1.29, 1.82) is 0 Å². The second-order valence-corrected chi connectivity index (χ2v) is 9.74. The van der Waals surface area contributed by atoms with E-state index in [2.05, 4.69) is 9.97 Å². The number of hydrogen-bond donors (Lipinski definition) is 0. The highest BCUT2D eigenvalue weighted by molar-refractivity contribution is 6.40. The molecule has 38 heavy (non-hydrogen) atoms. The predicted molar refractivity (Wildman–Crippen MR) is 136 cm³/mol. The van der Waals surface area contributed by atoms with E-state index in [-0.39, 0.29) is 33.3 Å². The van der Waals surface area contributed by atoms with Crippen molar-refractivity contribution in [2.24, 2.45) is 7.05 Å². The highest BCUT2D eigenvalue weighted by atomic mass is 27.3. The van der Waals surface area contributed by atoms with Crippen LogP contribution in [0.2, 0.25) is 0 Å². The van der Waals surface area contributed by atoms with Gasteiger partial charge in [-0.25, -0.2) is 13.2 Å². The van der Waals surface area contributed by atoms with Gasteiger partial charge in [0.1, 0.15) is 47.0 Å². The topological polar surface area (TPSA) is 57.4 Å². The van der Waals surface area contributed by atoms with Gasteiger partial charge in [-0.15, -0.1) is 0 Å². The second kappa shape index (κ2) is 9.82. The van der Waals surface area contributed by atoms with E-state index in [1.165, 1.54) is 48.8 Å². The van der Waals surface area contributed by atoms with Gasteiger partial charge in [-0.1, -0.05) is 0 Å². The first kappa shape index (κ1) is 24.0. The van der Waals surface area contributed by atoms with Crippen LogP contribution in [0.1, 0.15) is 0 Å². The lowest BCUT2D eigenvalue weighted by Gasteiger charge is -2.18. The van der Waals surface area contributed by atoms with Gasteiger partial charge in [0.05, 0.1) is 5.39 Å². The van der Waals surface area contributed by atoms with Gasteiger partial charge in [-0.05, 0) is 66.7 Å². The van der Waals surface area contributed by atoms with E-state index in [0.29, 0.717) is 16.7 Å². The zero-order valence-electron chi connectivity index (χ0n) is 19.9. The maximum atomic E-state index is 14.6. The summed E-state index contributed by atoms with van der Waals surface area (Å²) in [7, 11) is 1.77. The molecule has 10 heteroatoms. The third-order valence-corrected chi connectivity index (χ3v) is 7.42. The molecule has 6 aromatic rings. The minimum Gasteiger partial charge on any atom is -0.576 e. The quantitative estimate of drug-likeness (QED) is 0.205. The van der Waals surface area contributed by atoms with E-state index in [0.717, 1.165) is 0 Å². The van der Waals surface area contributed by atoms with E-state index >= 15 is 0 Å². The molecule has 0 saturated carbocycles. The van der Waals surface area contributed by atoms with Gasteiger partial charge in [-0.2, -0.15) is 4.57 Å². The van der Waals surface area contributed by atoms with Crippen LogP contribution in [0.4, 0.5) is 13.2 Å². The maximum absolute atomic E-state index is 14.6. The smallest absolute Gasteiger partial charge is 0.576 e. The number of benzene rings is 3. The molecule has 3 aromatic heterocycles. The number of halogens is 3. The van der Waals surface area contributed by atoms with Crippen molar-refractivity contribution in [2.45, 2.75) is 0 Å². The number of nitrogens with zero attached hydrogens (tertiary/aromatic N) is 3. The molecule has 3 aromatic carbocycles. The molecule has 186 valence electrons. The molecule has 0 saturated heterocycles. The number of rotatable bonds is 6. The van der Waals surface area contributed by atoms with Gasteiger partial charge in [0.2, 0.25) is 0 Å². The van der Waals surface area contributed by atoms with Gasteiger partial charge >= 0.3 is 15.1 Å². The van der Waals surface area contributed by atoms with Crippen molar-refractivity contribution in [2.75, 3.05) is 0 Å². The van der Waals surface area contributed by atoms with Crippen LogP contribution in [-0.2, 0) is 7.05 Å². The number of aryl methyl sites for hydroxylation is 1. The SMILES string of the molecule is C[n+]1cccc2c(F)ccc([O][Al]([O]c3ccc(F)c4cccnc34)[O]c3ccc(F)c4cccnc34)c21. The Balaban J connectivity index is 1.47. The van der Waals surface area contributed by atoms with Crippen LogP contribution in [0.25, 0.3) is 32.7 Å². The molecule has 6 nitrogen and oxygen atoms in total. The molecule has 0 spiro atoms. The summed E-state index contributed by atoms with van der Waals surface area (Å²) in [5.41, 5.74) is 1.06. The molecular formula is C28H18AlF3N3O3+. The lowest BCUT2D eigenvalue weighted by Crippen LogP contribution is -2.38. The lowest BCUT2D eigenvalue weighted by atomic mass is 10.2. The Morgan fingerprint density at radius 1 is 0.605 bits per heavy atom. The summed E-state index contributed by atoms with van der Waals surface area (Å²) in [5, 5.41) is 0.888. The van der Waals surface area contributed by atoms with Crippen molar-refractivity contribution < 1.29 is 29.1 Å². The fraction of sp³-hybridized carbons (Fsp3) is 0.0357. The maximum Gasteiger partial charge on any atom is 1.20 e. The molecular weight excluding hydrogens is 510 g/mol. The molecule has 0 atom stereocenters. The summed E-state index contributed by atoms with van der Waals surface area (Å²) in [6.07, 6.45) is 4.82.